The Bertz CT molecular complexity index is 1220. The number of carbonyl (C=O) groups excluding carboxylic acids is 2. The number of fused-ring (bicyclic) bond motifs is 1. The van der Waals surface area contributed by atoms with E-state index in [1.54, 1.807) is 6.92 Å². The van der Waals surface area contributed by atoms with Gasteiger partial charge in [0.15, 0.2) is 11.6 Å². The molecule has 0 unspecified atom stereocenters. The molecule has 4 aliphatic rings. The Labute approximate surface area is 235 Å². The van der Waals surface area contributed by atoms with E-state index in [0.29, 0.717) is 32.2 Å². The van der Waals surface area contributed by atoms with Crippen molar-refractivity contribution in [3.63, 3.8) is 0 Å². The number of carboxylic acid groups (broad SMARTS) is 1. The summed E-state index contributed by atoms with van der Waals surface area (Å²) in [6.45, 7) is 6.61. The van der Waals surface area contributed by atoms with Crippen molar-refractivity contribution in [3.8, 4) is 11.5 Å². The maximum atomic E-state index is 15.0. The Morgan fingerprint density at radius 2 is 1.80 bits per heavy atom. The molecule has 0 heterocycles. The third kappa shape index (κ3) is 5.31. The van der Waals surface area contributed by atoms with E-state index in [1.807, 2.05) is 0 Å². The van der Waals surface area contributed by atoms with Crippen LogP contribution in [0.25, 0.3) is 0 Å². The average molecular weight is 557 g/mol. The average Bonchev–Trinajstić information content (AvgIpc) is 3.62. The first-order valence-electron chi connectivity index (χ1n) is 14.6. The fraction of sp³-hybridized carbons (Fsp3) is 0.645. The first-order valence-corrected chi connectivity index (χ1v) is 14.6. The number of hydrogen-bond acceptors (Lipinski definition) is 5. The summed E-state index contributed by atoms with van der Waals surface area (Å²) in [6, 6.07) is 2.13. The van der Waals surface area contributed by atoms with E-state index in [0.717, 1.165) is 25.3 Å². The summed E-state index contributed by atoms with van der Waals surface area (Å²) in [4.78, 5) is 38.6. The Hall–Kier alpha value is -3.10. The first kappa shape index (κ1) is 28.4. The lowest BCUT2D eigenvalue weighted by Gasteiger charge is -2.39. The number of carbonyl (C=O) groups is 3. The molecule has 0 saturated heterocycles. The highest BCUT2D eigenvalue weighted by Gasteiger charge is 2.55. The van der Waals surface area contributed by atoms with Gasteiger partial charge in [-0.05, 0) is 63.4 Å². The minimum absolute atomic E-state index is 0.0358. The molecule has 5 rings (SSSR count). The molecule has 3 fully saturated rings. The number of methoxy groups -OCH3 is 1. The normalized spacial score (nSPS) is 31.7. The van der Waals surface area contributed by atoms with Gasteiger partial charge in [0.05, 0.1) is 30.1 Å². The van der Waals surface area contributed by atoms with Crippen molar-refractivity contribution in [2.75, 3.05) is 13.7 Å². The minimum atomic E-state index is -0.838. The van der Waals surface area contributed by atoms with Crippen LogP contribution in [-0.2, 0) is 9.59 Å². The SMILES string of the molecule is CC[C@H]1C2=C[C@@H]2[C@H](C(=O)NCC2(C)CCC2)[C@@H]1NC(=O)c1cc(OC2CCC(C)(C(=O)O)CC2)c(F)cc1OC. The van der Waals surface area contributed by atoms with E-state index in [4.69, 9.17) is 9.47 Å². The predicted octanol–water partition coefficient (Wildman–Crippen LogP) is 4.86. The minimum Gasteiger partial charge on any atom is -0.496 e. The van der Waals surface area contributed by atoms with Crippen LogP contribution in [0.4, 0.5) is 4.39 Å². The topological polar surface area (TPSA) is 114 Å². The number of rotatable bonds is 10. The van der Waals surface area contributed by atoms with Crippen LogP contribution in [0, 0.1) is 34.4 Å². The van der Waals surface area contributed by atoms with Gasteiger partial charge < -0.3 is 25.2 Å². The summed E-state index contributed by atoms with van der Waals surface area (Å²) >= 11 is 0. The maximum absolute atomic E-state index is 15.0. The van der Waals surface area contributed by atoms with Gasteiger partial charge in [-0.2, -0.15) is 0 Å². The first-order chi connectivity index (χ1) is 19.0. The number of amides is 2. The highest BCUT2D eigenvalue weighted by atomic mass is 19.1. The van der Waals surface area contributed by atoms with E-state index in [1.165, 1.54) is 25.2 Å². The van der Waals surface area contributed by atoms with Crippen molar-refractivity contribution in [1.82, 2.24) is 10.6 Å². The molecule has 40 heavy (non-hydrogen) atoms. The van der Waals surface area contributed by atoms with Crippen LogP contribution in [0.15, 0.2) is 23.8 Å². The second kappa shape index (κ2) is 10.7. The fourth-order valence-electron chi connectivity index (χ4n) is 6.84. The number of ether oxygens (including phenoxy) is 2. The van der Waals surface area contributed by atoms with E-state index in [9.17, 15) is 23.9 Å². The Kier molecular flexibility index (Phi) is 7.61. The Balaban J connectivity index is 1.30. The largest absolute Gasteiger partial charge is 0.496 e. The van der Waals surface area contributed by atoms with Crippen molar-refractivity contribution in [1.29, 1.82) is 0 Å². The van der Waals surface area contributed by atoms with E-state index in [2.05, 4.69) is 30.6 Å². The molecule has 1 aromatic rings. The van der Waals surface area contributed by atoms with Gasteiger partial charge >= 0.3 is 5.97 Å². The molecule has 0 bridgehead atoms. The highest BCUT2D eigenvalue weighted by Crippen LogP contribution is 2.54. The number of nitrogens with one attached hydrogen (secondary N) is 2. The maximum Gasteiger partial charge on any atom is 0.309 e. The zero-order chi connectivity index (χ0) is 28.8. The lowest BCUT2D eigenvalue weighted by molar-refractivity contribution is -0.150. The number of aliphatic carboxylic acids is 1. The van der Waals surface area contributed by atoms with Crippen LogP contribution >= 0.6 is 0 Å². The number of hydrogen-bond donors (Lipinski definition) is 3. The molecule has 4 aliphatic carbocycles. The van der Waals surface area contributed by atoms with Gasteiger partial charge in [0, 0.05) is 30.5 Å². The molecule has 9 heteroatoms. The van der Waals surface area contributed by atoms with Gasteiger partial charge in [0.25, 0.3) is 5.91 Å². The number of halogens is 1. The lowest BCUT2D eigenvalue weighted by atomic mass is 9.70. The molecule has 8 nitrogen and oxygen atoms in total. The number of benzene rings is 1. The van der Waals surface area contributed by atoms with E-state index >= 15 is 0 Å². The van der Waals surface area contributed by atoms with Crippen molar-refractivity contribution in [2.24, 2.45) is 28.6 Å². The van der Waals surface area contributed by atoms with Crippen LogP contribution in [-0.4, -0.2) is 48.7 Å². The quantitative estimate of drug-likeness (QED) is 0.355. The van der Waals surface area contributed by atoms with Gasteiger partial charge in [0.2, 0.25) is 5.91 Å². The molecule has 0 aliphatic heterocycles. The molecule has 2 amide bonds. The third-order valence-electron chi connectivity index (χ3n) is 9.92. The molecule has 3 N–H and O–H groups in total. The standard InChI is InChI=1S/C31H41FN2O6/c1-5-18-19-13-20(19)25(28(36)33-16-30(2)9-6-10-30)26(18)34-27(35)21-14-24(22(32)15-23(21)39-4)40-17-7-11-31(3,12-8-17)29(37)38/h13-15,17-18,20,25-26H,5-12,16H2,1-4H3,(H,33,36)(H,34,35)(H,37,38)/t17?,18-,20-,25-,26+,31?/m0/s1. The van der Waals surface area contributed by atoms with Crippen LogP contribution in [0.3, 0.4) is 0 Å². The molecular weight excluding hydrogens is 515 g/mol. The van der Waals surface area contributed by atoms with E-state index in [-0.39, 0.29) is 58.3 Å². The monoisotopic (exact) mass is 556 g/mol. The second-order valence-corrected chi connectivity index (χ2v) is 12.8. The molecule has 0 radical (unpaired) electrons. The van der Waals surface area contributed by atoms with Gasteiger partial charge in [-0.25, -0.2) is 4.39 Å². The molecule has 4 atom stereocenters. The lowest BCUT2D eigenvalue weighted by Crippen LogP contribution is -2.50. The molecule has 0 aromatic heterocycles. The Morgan fingerprint density at radius 3 is 2.38 bits per heavy atom. The van der Waals surface area contributed by atoms with Crippen molar-refractivity contribution >= 4 is 17.8 Å². The summed E-state index contributed by atoms with van der Waals surface area (Å²) < 4.78 is 26.3. The van der Waals surface area contributed by atoms with E-state index < -0.39 is 23.1 Å². The van der Waals surface area contributed by atoms with Crippen LogP contribution in [0.2, 0.25) is 0 Å². The Morgan fingerprint density at radius 1 is 1.10 bits per heavy atom. The van der Waals surface area contributed by atoms with Gasteiger partial charge in [-0.15, -0.1) is 0 Å². The van der Waals surface area contributed by atoms with Gasteiger partial charge in [-0.3, -0.25) is 14.4 Å². The molecule has 218 valence electrons. The molecule has 1 aromatic carbocycles. The van der Waals surface area contributed by atoms with Crippen molar-refractivity contribution < 1.29 is 33.4 Å². The zero-order valence-corrected chi connectivity index (χ0v) is 23.8. The second-order valence-electron chi connectivity index (χ2n) is 12.8. The predicted molar refractivity (Wildman–Crippen MR) is 147 cm³/mol. The van der Waals surface area contributed by atoms with Gasteiger partial charge in [0.1, 0.15) is 5.75 Å². The van der Waals surface area contributed by atoms with Crippen LogP contribution in [0.1, 0.15) is 82.5 Å². The molecule has 0 spiro atoms. The van der Waals surface area contributed by atoms with Crippen molar-refractivity contribution in [3.05, 3.63) is 35.2 Å². The zero-order valence-electron chi connectivity index (χ0n) is 23.8. The third-order valence-corrected chi connectivity index (χ3v) is 9.92. The van der Waals surface area contributed by atoms with Crippen LogP contribution in [0.5, 0.6) is 11.5 Å². The number of carboxylic acids is 1. The van der Waals surface area contributed by atoms with Crippen molar-refractivity contribution in [2.45, 2.75) is 84.3 Å². The fourth-order valence-corrected chi connectivity index (χ4v) is 6.84. The van der Waals surface area contributed by atoms with Crippen LogP contribution < -0.4 is 20.1 Å². The summed E-state index contributed by atoms with van der Waals surface area (Å²) in [5.41, 5.74) is 0.702. The summed E-state index contributed by atoms with van der Waals surface area (Å²) in [5.74, 6) is -2.19. The highest BCUT2D eigenvalue weighted by molar-refractivity contribution is 5.98. The van der Waals surface area contributed by atoms with Gasteiger partial charge in [-0.1, -0.05) is 31.9 Å². The smallest absolute Gasteiger partial charge is 0.309 e. The molecular formula is C31H41FN2O6. The molecule has 3 saturated carbocycles. The summed E-state index contributed by atoms with van der Waals surface area (Å²) in [7, 11) is 1.38. The summed E-state index contributed by atoms with van der Waals surface area (Å²) in [5, 5.41) is 15.7. The number of allylic oxidation sites excluding steroid dienone is 1. The summed E-state index contributed by atoms with van der Waals surface area (Å²) in [6.07, 6.45) is 7.79.